The number of aliphatic hydroxyl groups is 2. The predicted octanol–water partition coefficient (Wildman–Crippen LogP) is 27.6. The van der Waals surface area contributed by atoms with E-state index in [1.807, 2.05) is 0 Å². The van der Waals surface area contributed by atoms with Crippen LogP contribution in [0.3, 0.4) is 0 Å². The molecule has 0 fully saturated rings. The van der Waals surface area contributed by atoms with Crippen molar-refractivity contribution in [3.8, 4) is 0 Å². The number of carbonyl (C=O) groups is 2. The molecule has 0 rings (SSSR count). The van der Waals surface area contributed by atoms with Gasteiger partial charge in [-0.25, -0.2) is 0 Å². The van der Waals surface area contributed by atoms with E-state index >= 15 is 0 Å². The van der Waals surface area contributed by atoms with Crippen LogP contribution >= 0.6 is 0 Å². The Morgan fingerprint density at radius 3 is 0.844 bits per heavy atom. The van der Waals surface area contributed by atoms with E-state index in [1.165, 1.54) is 398 Å². The van der Waals surface area contributed by atoms with Gasteiger partial charge in [0, 0.05) is 12.8 Å². The molecule has 0 aliphatic carbocycles. The Kier molecular flexibility index (Phi) is 78.3. The molecule has 1 amide bonds. The lowest BCUT2D eigenvalue weighted by atomic mass is 10.0. The van der Waals surface area contributed by atoms with E-state index in [9.17, 15) is 19.8 Å². The third-order valence-electron chi connectivity index (χ3n) is 19.8. The normalized spacial score (nSPS) is 12.5. The number of unbranched alkanes of at least 4 members (excludes halogenated alkanes) is 64. The Bertz CT molecular complexity index is 1410. The highest BCUT2D eigenvalue weighted by molar-refractivity contribution is 5.76. The zero-order valence-corrected chi connectivity index (χ0v) is 61.4. The van der Waals surface area contributed by atoms with E-state index in [-0.39, 0.29) is 18.5 Å². The van der Waals surface area contributed by atoms with Crippen LogP contribution < -0.4 is 5.32 Å². The maximum Gasteiger partial charge on any atom is 0.305 e. The first kappa shape index (κ1) is 88.3. The molecule has 0 spiro atoms. The minimum atomic E-state index is -0.663. The molecule has 3 N–H and O–H groups in total. The van der Waals surface area contributed by atoms with E-state index in [1.54, 1.807) is 0 Å². The average molecular weight is 1270 g/mol. The molecule has 0 heterocycles. The van der Waals surface area contributed by atoms with Gasteiger partial charge in [0.25, 0.3) is 0 Å². The molecule has 0 bridgehead atoms. The molecular formula is C84H163NO5. The van der Waals surface area contributed by atoms with E-state index < -0.39 is 12.1 Å². The lowest BCUT2D eigenvalue weighted by molar-refractivity contribution is -0.143. The number of aliphatic hydroxyl groups excluding tert-OH is 2. The highest BCUT2D eigenvalue weighted by Gasteiger charge is 2.20. The fourth-order valence-electron chi connectivity index (χ4n) is 13.4. The van der Waals surface area contributed by atoms with Crippen LogP contribution in [0.2, 0.25) is 0 Å². The minimum Gasteiger partial charge on any atom is -0.466 e. The van der Waals surface area contributed by atoms with Crippen molar-refractivity contribution >= 4 is 11.9 Å². The number of hydrogen-bond donors (Lipinski definition) is 3. The number of amides is 1. The van der Waals surface area contributed by atoms with Gasteiger partial charge in [0.05, 0.1) is 25.4 Å². The zero-order chi connectivity index (χ0) is 64.9. The number of carbonyl (C=O) groups excluding carboxylic acids is 2. The first-order valence-corrected chi connectivity index (χ1v) is 41.6. The zero-order valence-electron chi connectivity index (χ0n) is 61.4. The van der Waals surface area contributed by atoms with Crippen molar-refractivity contribution in [2.24, 2.45) is 0 Å². The molecule has 90 heavy (non-hydrogen) atoms. The van der Waals surface area contributed by atoms with Gasteiger partial charge in [-0.3, -0.25) is 9.59 Å². The number of nitrogens with one attached hydrogen (secondary N) is 1. The fraction of sp³-hybridized carbons (Fsp3) is 0.929. The summed E-state index contributed by atoms with van der Waals surface area (Å²) in [5, 5.41) is 23.4. The molecule has 6 nitrogen and oxygen atoms in total. The second-order valence-corrected chi connectivity index (χ2v) is 28.8. The van der Waals surface area contributed by atoms with Crippen LogP contribution in [0.1, 0.15) is 476 Å². The van der Waals surface area contributed by atoms with Crippen molar-refractivity contribution < 1.29 is 24.5 Å². The van der Waals surface area contributed by atoms with Gasteiger partial charge >= 0.3 is 5.97 Å². The van der Waals surface area contributed by atoms with Crippen molar-refractivity contribution in [3.63, 3.8) is 0 Å². The summed E-state index contributed by atoms with van der Waals surface area (Å²) in [5.74, 6) is -0.00254. The molecule has 0 aliphatic heterocycles. The first-order valence-electron chi connectivity index (χ1n) is 41.6. The van der Waals surface area contributed by atoms with Gasteiger partial charge in [0.1, 0.15) is 0 Å². The number of allylic oxidation sites excluding steroid dienone is 4. The highest BCUT2D eigenvalue weighted by Crippen LogP contribution is 2.20. The van der Waals surface area contributed by atoms with Crippen molar-refractivity contribution in [1.82, 2.24) is 5.32 Å². The quantitative estimate of drug-likeness (QED) is 0.0320. The van der Waals surface area contributed by atoms with Crippen LogP contribution in [0.15, 0.2) is 24.3 Å². The Hall–Kier alpha value is -1.66. The van der Waals surface area contributed by atoms with Gasteiger partial charge < -0.3 is 20.3 Å². The molecular weight excluding hydrogens is 1100 g/mol. The summed E-state index contributed by atoms with van der Waals surface area (Å²) >= 11 is 0. The number of hydrogen-bond acceptors (Lipinski definition) is 5. The maximum atomic E-state index is 12.6. The van der Waals surface area contributed by atoms with E-state index in [0.717, 1.165) is 44.9 Å². The summed E-state index contributed by atoms with van der Waals surface area (Å²) < 4.78 is 5.51. The van der Waals surface area contributed by atoms with Crippen LogP contribution in [-0.4, -0.2) is 47.4 Å². The van der Waals surface area contributed by atoms with Gasteiger partial charge in [0.2, 0.25) is 5.91 Å². The molecule has 534 valence electrons. The van der Waals surface area contributed by atoms with Crippen molar-refractivity contribution in [3.05, 3.63) is 24.3 Å². The standard InChI is InChI=1S/C84H163NO5/c1-3-5-7-9-11-13-15-17-19-20-42-45-49-52-56-60-64-68-72-76-82(87)81(80-86)85-83(88)77-73-69-65-61-57-53-50-46-43-40-38-36-34-32-30-28-26-24-22-21-23-25-27-29-31-33-35-37-39-41-44-47-51-55-59-63-67-71-75-79-90-84(89)78-74-70-66-62-58-54-48-18-16-14-12-10-8-6-4-2/h21-22,25,27,81-82,86-87H,3-20,23-24,26,28-80H2,1-2H3,(H,85,88)/b22-21-,27-25-. The molecule has 0 aliphatic rings. The van der Waals surface area contributed by atoms with Crippen molar-refractivity contribution in [1.29, 1.82) is 0 Å². The maximum absolute atomic E-state index is 12.6. The summed E-state index contributed by atoms with van der Waals surface area (Å²) in [4.78, 5) is 24.6. The summed E-state index contributed by atoms with van der Waals surface area (Å²) in [5.41, 5.74) is 0. The molecule has 0 aromatic heterocycles. The van der Waals surface area contributed by atoms with E-state index in [0.29, 0.717) is 25.9 Å². The number of rotatable bonds is 79. The molecule has 0 aromatic carbocycles. The summed E-state index contributed by atoms with van der Waals surface area (Å²) in [6.07, 6.45) is 103. The third-order valence-corrected chi connectivity index (χ3v) is 19.8. The van der Waals surface area contributed by atoms with Crippen LogP contribution in [0.4, 0.5) is 0 Å². The Balaban J connectivity index is 3.34. The largest absolute Gasteiger partial charge is 0.466 e. The monoisotopic (exact) mass is 1270 g/mol. The number of esters is 1. The Morgan fingerprint density at radius 2 is 0.556 bits per heavy atom. The van der Waals surface area contributed by atoms with Crippen LogP contribution in [0.25, 0.3) is 0 Å². The lowest BCUT2D eigenvalue weighted by Crippen LogP contribution is -2.45. The Morgan fingerprint density at radius 1 is 0.311 bits per heavy atom. The minimum absolute atomic E-state index is 0.0243. The van der Waals surface area contributed by atoms with E-state index in [2.05, 4.69) is 43.5 Å². The Labute approximate surface area is 564 Å². The van der Waals surface area contributed by atoms with Crippen LogP contribution in [0.5, 0.6) is 0 Å². The van der Waals surface area contributed by atoms with Gasteiger partial charge in [-0.1, -0.05) is 430 Å². The molecule has 0 saturated carbocycles. The summed E-state index contributed by atoms with van der Waals surface area (Å²) in [7, 11) is 0. The summed E-state index contributed by atoms with van der Waals surface area (Å²) in [6.45, 7) is 5.01. The van der Waals surface area contributed by atoms with Crippen LogP contribution in [0, 0.1) is 0 Å². The molecule has 2 atom stereocenters. The van der Waals surface area contributed by atoms with Gasteiger partial charge in [-0.15, -0.1) is 0 Å². The van der Waals surface area contributed by atoms with Crippen molar-refractivity contribution in [2.45, 2.75) is 488 Å². The molecule has 2 unspecified atom stereocenters. The summed E-state index contributed by atoms with van der Waals surface area (Å²) in [6, 6.07) is -0.540. The van der Waals surface area contributed by atoms with Gasteiger partial charge in [0.15, 0.2) is 0 Å². The van der Waals surface area contributed by atoms with Gasteiger partial charge in [-0.2, -0.15) is 0 Å². The number of ether oxygens (including phenoxy) is 1. The third kappa shape index (κ3) is 75.4. The topological polar surface area (TPSA) is 95.9 Å². The lowest BCUT2D eigenvalue weighted by Gasteiger charge is -2.22. The second-order valence-electron chi connectivity index (χ2n) is 28.8. The van der Waals surface area contributed by atoms with E-state index in [4.69, 9.17) is 4.74 Å². The molecule has 0 aromatic rings. The average Bonchev–Trinajstić information content (AvgIpc) is 3.72. The highest BCUT2D eigenvalue weighted by atomic mass is 16.5. The smallest absolute Gasteiger partial charge is 0.305 e. The SMILES string of the molecule is CCCCCCCCCCCCCCCCCCCCCC(O)C(CO)NC(=O)CCCCCCCCCCCCCCCCCCC/C=C\C/C=C\CCCCCCCCCCCCCCCCCOC(=O)CCCCCCCCCCCCCCCCC. The van der Waals surface area contributed by atoms with Crippen molar-refractivity contribution in [2.75, 3.05) is 13.2 Å². The first-order chi connectivity index (χ1) is 44.5. The van der Waals surface area contributed by atoms with Crippen LogP contribution in [-0.2, 0) is 14.3 Å². The molecule has 6 heteroatoms. The molecule has 0 radical (unpaired) electrons. The predicted molar refractivity (Wildman–Crippen MR) is 398 cm³/mol. The van der Waals surface area contributed by atoms with Gasteiger partial charge in [-0.05, 0) is 57.8 Å². The second kappa shape index (κ2) is 79.8. The fourth-order valence-corrected chi connectivity index (χ4v) is 13.4. The molecule has 0 saturated heterocycles.